The van der Waals surface area contributed by atoms with E-state index >= 15 is 0 Å². The molecule has 0 spiro atoms. The summed E-state index contributed by atoms with van der Waals surface area (Å²) in [5.41, 5.74) is 2.87. The van der Waals surface area contributed by atoms with Gasteiger partial charge in [0.25, 0.3) is 0 Å². The monoisotopic (exact) mass is 292 g/mol. The van der Waals surface area contributed by atoms with Crippen molar-refractivity contribution in [2.24, 2.45) is 0 Å². The van der Waals surface area contributed by atoms with Crippen LogP contribution in [0.25, 0.3) is 0 Å². The minimum absolute atomic E-state index is 0. The molecular weight excluding hydrogens is 271 g/mol. The molecule has 0 heterocycles. The van der Waals surface area contributed by atoms with E-state index in [0.717, 1.165) is 42.4 Å². The molecule has 1 aromatic rings. The van der Waals surface area contributed by atoms with E-state index in [1.165, 1.54) is 12.8 Å². The first-order chi connectivity index (χ1) is 8.11. The molecule has 0 atom stereocenters. The van der Waals surface area contributed by atoms with Crippen molar-refractivity contribution in [3.05, 3.63) is 22.8 Å². The van der Waals surface area contributed by atoms with E-state index in [4.69, 9.17) is 0 Å². The summed E-state index contributed by atoms with van der Waals surface area (Å²) in [7, 11) is 0. The second kappa shape index (κ2) is 8.42. The van der Waals surface area contributed by atoms with E-state index < -0.39 is 0 Å². The van der Waals surface area contributed by atoms with Crippen molar-refractivity contribution in [3.8, 4) is 11.5 Å². The van der Waals surface area contributed by atoms with Gasteiger partial charge < -0.3 is 10.2 Å². The Morgan fingerprint density at radius 1 is 1.00 bits per heavy atom. The number of hydrogen-bond donors (Lipinski definition) is 0. The molecular formula is C15H22NiO2. The fourth-order valence-electron chi connectivity index (χ4n) is 2.22. The molecule has 0 bridgehead atoms. The quantitative estimate of drug-likeness (QED) is 0.598. The Balaban J connectivity index is 0.00000289. The molecule has 3 heteroatoms. The van der Waals surface area contributed by atoms with E-state index in [0.29, 0.717) is 0 Å². The van der Waals surface area contributed by atoms with E-state index in [2.05, 4.69) is 6.92 Å². The van der Waals surface area contributed by atoms with E-state index in [1.807, 2.05) is 13.8 Å². The van der Waals surface area contributed by atoms with Gasteiger partial charge in [0, 0.05) is 0 Å². The summed E-state index contributed by atoms with van der Waals surface area (Å²) >= 11 is 0. The summed E-state index contributed by atoms with van der Waals surface area (Å²) in [6.07, 6.45) is 6.00. The molecule has 1 rings (SSSR count). The van der Waals surface area contributed by atoms with Crippen LogP contribution >= 0.6 is 0 Å². The maximum Gasteiger partial charge on any atom is 2.00 e. The predicted octanol–water partition coefficient (Wildman–Crippen LogP) is 2.82. The van der Waals surface area contributed by atoms with Crippen LogP contribution in [0.4, 0.5) is 0 Å². The van der Waals surface area contributed by atoms with Gasteiger partial charge in [-0.25, -0.2) is 0 Å². The Bertz CT molecular complexity index is 375. The number of hydrogen-bond acceptors (Lipinski definition) is 2. The van der Waals surface area contributed by atoms with Crippen LogP contribution in [0, 0.1) is 6.92 Å². The summed E-state index contributed by atoms with van der Waals surface area (Å²) in [5, 5.41) is 23.4. The number of aryl methyl sites for hydroxylation is 1. The second-order valence-corrected chi connectivity index (χ2v) is 4.67. The second-order valence-electron chi connectivity index (χ2n) is 4.67. The van der Waals surface area contributed by atoms with Crippen LogP contribution in [-0.4, -0.2) is 0 Å². The van der Waals surface area contributed by atoms with Crippen LogP contribution in [-0.2, 0) is 29.3 Å². The van der Waals surface area contributed by atoms with Crippen LogP contribution in [0.5, 0.6) is 11.5 Å². The maximum atomic E-state index is 11.7. The standard InChI is InChI=1S/C15H24O2.Ni/c1-4-6-7-9-12-10-14(16)15(17)13(8-5-2)11(12)3;/h10,16-17H,4-9H2,1-3H3;/q;+2/p-2. The first-order valence-electron chi connectivity index (χ1n) is 6.61. The van der Waals surface area contributed by atoms with Crippen molar-refractivity contribution in [3.63, 3.8) is 0 Å². The average molecular weight is 293 g/mol. The van der Waals surface area contributed by atoms with Crippen molar-refractivity contribution < 1.29 is 26.7 Å². The molecule has 0 fully saturated rings. The number of unbranched alkanes of at least 4 members (excludes halogenated alkanes) is 2. The Morgan fingerprint density at radius 2 is 1.67 bits per heavy atom. The molecule has 104 valence electrons. The third-order valence-electron chi connectivity index (χ3n) is 3.29. The Hall–Kier alpha value is -0.686. The largest absolute Gasteiger partial charge is 2.00 e. The number of benzene rings is 1. The molecule has 1 aromatic carbocycles. The zero-order valence-corrected chi connectivity index (χ0v) is 12.4. The van der Waals surface area contributed by atoms with E-state index in [9.17, 15) is 10.2 Å². The van der Waals surface area contributed by atoms with Gasteiger partial charge in [0.2, 0.25) is 0 Å². The van der Waals surface area contributed by atoms with Gasteiger partial charge in [0.1, 0.15) is 0 Å². The molecule has 2 nitrogen and oxygen atoms in total. The van der Waals surface area contributed by atoms with Gasteiger partial charge in [-0.2, -0.15) is 0 Å². The maximum absolute atomic E-state index is 11.7. The molecule has 0 aromatic heterocycles. The molecule has 0 aliphatic carbocycles. The minimum atomic E-state index is -0.328. The number of rotatable bonds is 6. The van der Waals surface area contributed by atoms with Gasteiger partial charge in [-0.1, -0.05) is 44.7 Å². The van der Waals surface area contributed by atoms with Crippen molar-refractivity contribution in [1.29, 1.82) is 0 Å². The molecule has 0 aliphatic rings. The van der Waals surface area contributed by atoms with E-state index in [1.54, 1.807) is 6.07 Å². The SMILES string of the molecule is CCCCCc1cc([O-])c([O-])c(CCC)c1C.[Ni+2]. The van der Waals surface area contributed by atoms with Crippen LogP contribution in [0.3, 0.4) is 0 Å². The van der Waals surface area contributed by atoms with Crippen LogP contribution in [0.15, 0.2) is 6.07 Å². The molecule has 0 aliphatic heterocycles. The van der Waals surface area contributed by atoms with Crippen molar-refractivity contribution in [2.75, 3.05) is 0 Å². The third kappa shape index (κ3) is 4.21. The zero-order valence-electron chi connectivity index (χ0n) is 11.5. The van der Waals surface area contributed by atoms with Crippen LogP contribution in [0.2, 0.25) is 0 Å². The van der Waals surface area contributed by atoms with Crippen LogP contribution in [0.1, 0.15) is 56.2 Å². The van der Waals surface area contributed by atoms with Crippen molar-refractivity contribution in [2.45, 2.75) is 59.3 Å². The molecule has 0 saturated carbocycles. The molecule has 18 heavy (non-hydrogen) atoms. The average Bonchev–Trinajstić information content (AvgIpc) is 2.31. The Labute approximate surface area is 120 Å². The predicted molar refractivity (Wildman–Crippen MR) is 67.3 cm³/mol. The summed E-state index contributed by atoms with van der Waals surface area (Å²) in [6, 6.07) is 1.55. The fraction of sp³-hybridized carbons (Fsp3) is 0.600. The Kier molecular flexibility index (Phi) is 8.10. The van der Waals surface area contributed by atoms with Crippen molar-refractivity contribution in [1.82, 2.24) is 0 Å². The van der Waals surface area contributed by atoms with E-state index in [-0.39, 0.29) is 28.0 Å². The first kappa shape index (κ1) is 17.3. The summed E-state index contributed by atoms with van der Waals surface area (Å²) < 4.78 is 0. The van der Waals surface area contributed by atoms with Gasteiger partial charge in [0.05, 0.1) is 0 Å². The molecule has 0 amide bonds. The molecule has 0 radical (unpaired) electrons. The van der Waals surface area contributed by atoms with Crippen LogP contribution < -0.4 is 10.2 Å². The zero-order chi connectivity index (χ0) is 12.8. The fourth-order valence-corrected chi connectivity index (χ4v) is 2.22. The van der Waals surface area contributed by atoms with Gasteiger partial charge in [-0.3, -0.25) is 0 Å². The van der Waals surface area contributed by atoms with Crippen molar-refractivity contribution >= 4 is 0 Å². The molecule has 0 unspecified atom stereocenters. The smallest absolute Gasteiger partial charge is 0.873 e. The summed E-state index contributed by atoms with van der Waals surface area (Å²) in [4.78, 5) is 0. The summed E-state index contributed by atoms with van der Waals surface area (Å²) in [6.45, 7) is 6.18. The van der Waals surface area contributed by atoms with Gasteiger partial charge in [-0.05, 0) is 37.3 Å². The normalized spacial score (nSPS) is 10.2. The molecule has 0 N–H and O–H groups in total. The topological polar surface area (TPSA) is 46.1 Å². The van der Waals surface area contributed by atoms with Gasteiger partial charge in [0.15, 0.2) is 0 Å². The first-order valence-corrected chi connectivity index (χ1v) is 6.61. The van der Waals surface area contributed by atoms with Gasteiger partial charge in [-0.15, -0.1) is 11.5 Å². The Morgan fingerprint density at radius 3 is 2.22 bits per heavy atom. The van der Waals surface area contributed by atoms with Gasteiger partial charge >= 0.3 is 16.5 Å². The minimum Gasteiger partial charge on any atom is -0.873 e. The summed E-state index contributed by atoms with van der Waals surface area (Å²) in [5.74, 6) is -0.617. The third-order valence-corrected chi connectivity index (χ3v) is 3.29. The molecule has 0 saturated heterocycles.